The highest BCUT2D eigenvalue weighted by molar-refractivity contribution is 6.29. The minimum atomic E-state index is 0.124. The van der Waals surface area contributed by atoms with E-state index in [4.69, 9.17) is 16.3 Å². The third-order valence-corrected chi connectivity index (χ3v) is 2.31. The highest BCUT2D eigenvalue weighted by Crippen LogP contribution is 2.22. The number of aromatic nitrogens is 2. The Hall–Kier alpha value is -1.61. The van der Waals surface area contributed by atoms with Gasteiger partial charge in [0.1, 0.15) is 10.9 Å². The summed E-state index contributed by atoms with van der Waals surface area (Å²) in [6.45, 7) is 3.95. The molecule has 0 saturated heterocycles. The molecule has 0 radical (unpaired) electrons. The van der Waals surface area contributed by atoms with Crippen molar-refractivity contribution in [1.82, 2.24) is 9.97 Å². The van der Waals surface area contributed by atoms with Crippen LogP contribution in [0, 0.1) is 0 Å². The van der Waals surface area contributed by atoms with Gasteiger partial charge in [-0.1, -0.05) is 17.7 Å². The predicted molar refractivity (Wildman–Crippen MR) is 68.2 cm³/mol. The maximum atomic E-state index is 5.86. The number of pyridine rings is 2. The van der Waals surface area contributed by atoms with Gasteiger partial charge in [-0.15, -0.1) is 0 Å². The first kappa shape index (κ1) is 11.9. The summed E-state index contributed by atoms with van der Waals surface area (Å²) in [6.07, 6.45) is 3.55. The van der Waals surface area contributed by atoms with Gasteiger partial charge in [-0.25, -0.2) is 4.98 Å². The van der Waals surface area contributed by atoms with Crippen molar-refractivity contribution in [3.63, 3.8) is 0 Å². The van der Waals surface area contributed by atoms with Crippen LogP contribution in [-0.4, -0.2) is 16.1 Å². The second-order valence-electron chi connectivity index (χ2n) is 3.92. The summed E-state index contributed by atoms with van der Waals surface area (Å²) < 4.78 is 5.58. The first-order chi connectivity index (χ1) is 8.15. The summed E-state index contributed by atoms with van der Waals surface area (Å²) >= 11 is 5.86. The molecule has 0 amide bonds. The Kier molecular flexibility index (Phi) is 3.59. The lowest BCUT2D eigenvalue weighted by Gasteiger charge is -2.10. The first-order valence-electron chi connectivity index (χ1n) is 5.40. The van der Waals surface area contributed by atoms with Crippen molar-refractivity contribution in [2.45, 2.75) is 20.0 Å². The zero-order chi connectivity index (χ0) is 12.3. The van der Waals surface area contributed by atoms with Crippen LogP contribution in [0.3, 0.4) is 0 Å². The van der Waals surface area contributed by atoms with Crippen molar-refractivity contribution < 1.29 is 4.74 Å². The molecule has 2 aromatic heterocycles. The molecule has 0 aliphatic heterocycles. The minimum Gasteiger partial charge on any atom is -0.489 e. The van der Waals surface area contributed by atoms with Gasteiger partial charge in [0.15, 0.2) is 0 Å². The number of ether oxygens (including phenoxy) is 1. The maximum absolute atomic E-state index is 5.86. The SMILES string of the molecule is CC(C)Oc1cncc(-c2cccc(Cl)n2)c1. The number of rotatable bonds is 3. The lowest BCUT2D eigenvalue weighted by Crippen LogP contribution is -2.05. The van der Waals surface area contributed by atoms with E-state index in [2.05, 4.69) is 9.97 Å². The Morgan fingerprint density at radius 2 is 2.06 bits per heavy atom. The van der Waals surface area contributed by atoms with Gasteiger partial charge in [0.05, 0.1) is 18.0 Å². The molecule has 17 heavy (non-hydrogen) atoms. The van der Waals surface area contributed by atoms with E-state index in [1.54, 1.807) is 18.5 Å². The van der Waals surface area contributed by atoms with Gasteiger partial charge in [0.2, 0.25) is 0 Å². The Morgan fingerprint density at radius 3 is 2.76 bits per heavy atom. The molecular weight excluding hydrogens is 236 g/mol. The topological polar surface area (TPSA) is 35.0 Å². The van der Waals surface area contributed by atoms with Crippen LogP contribution in [0.15, 0.2) is 36.7 Å². The van der Waals surface area contributed by atoms with Gasteiger partial charge in [0, 0.05) is 11.8 Å². The number of nitrogens with zero attached hydrogens (tertiary/aromatic N) is 2. The monoisotopic (exact) mass is 248 g/mol. The molecular formula is C13H13ClN2O. The Balaban J connectivity index is 2.33. The van der Waals surface area contributed by atoms with Crippen molar-refractivity contribution in [3.8, 4) is 17.0 Å². The number of hydrogen-bond donors (Lipinski definition) is 0. The molecule has 0 atom stereocenters. The smallest absolute Gasteiger partial charge is 0.138 e. The lowest BCUT2D eigenvalue weighted by atomic mass is 10.2. The molecule has 0 unspecified atom stereocenters. The Bertz CT molecular complexity index is 514. The highest BCUT2D eigenvalue weighted by atomic mass is 35.5. The second kappa shape index (κ2) is 5.15. The molecule has 2 heterocycles. The molecule has 0 aliphatic rings. The third-order valence-electron chi connectivity index (χ3n) is 2.10. The summed E-state index contributed by atoms with van der Waals surface area (Å²) in [6, 6.07) is 7.40. The fourth-order valence-electron chi connectivity index (χ4n) is 1.46. The van der Waals surface area contributed by atoms with E-state index >= 15 is 0 Å². The summed E-state index contributed by atoms with van der Waals surface area (Å²) in [5.41, 5.74) is 1.69. The minimum absolute atomic E-state index is 0.124. The average molecular weight is 249 g/mol. The summed E-state index contributed by atoms with van der Waals surface area (Å²) in [4.78, 5) is 8.37. The summed E-state index contributed by atoms with van der Waals surface area (Å²) in [5, 5.41) is 0.470. The van der Waals surface area contributed by atoms with Crippen LogP contribution >= 0.6 is 11.6 Å². The van der Waals surface area contributed by atoms with Crippen LogP contribution in [0.5, 0.6) is 5.75 Å². The van der Waals surface area contributed by atoms with E-state index in [-0.39, 0.29) is 6.10 Å². The van der Waals surface area contributed by atoms with Gasteiger partial charge in [0.25, 0.3) is 0 Å². The zero-order valence-electron chi connectivity index (χ0n) is 9.72. The molecule has 0 N–H and O–H groups in total. The van der Waals surface area contributed by atoms with Crippen molar-refractivity contribution >= 4 is 11.6 Å². The largest absolute Gasteiger partial charge is 0.489 e. The third kappa shape index (κ3) is 3.17. The average Bonchev–Trinajstić information content (AvgIpc) is 2.28. The van der Waals surface area contributed by atoms with Gasteiger partial charge in [-0.2, -0.15) is 0 Å². The predicted octanol–water partition coefficient (Wildman–Crippen LogP) is 3.58. The van der Waals surface area contributed by atoms with Crippen LogP contribution in [0.4, 0.5) is 0 Å². The Morgan fingerprint density at radius 1 is 1.24 bits per heavy atom. The van der Waals surface area contributed by atoms with Crippen molar-refractivity contribution in [2.24, 2.45) is 0 Å². The van der Waals surface area contributed by atoms with Crippen molar-refractivity contribution in [3.05, 3.63) is 41.8 Å². The first-order valence-corrected chi connectivity index (χ1v) is 5.77. The molecule has 2 aromatic rings. The van der Waals surface area contributed by atoms with Crippen LogP contribution in [-0.2, 0) is 0 Å². The van der Waals surface area contributed by atoms with Gasteiger partial charge in [-0.3, -0.25) is 4.98 Å². The van der Waals surface area contributed by atoms with E-state index in [1.165, 1.54) is 0 Å². The molecule has 0 saturated carbocycles. The molecule has 0 spiro atoms. The summed E-state index contributed by atoms with van der Waals surface area (Å²) in [5.74, 6) is 0.735. The molecule has 2 rings (SSSR count). The van der Waals surface area contributed by atoms with E-state index in [0.717, 1.165) is 17.0 Å². The van der Waals surface area contributed by atoms with Crippen molar-refractivity contribution in [2.75, 3.05) is 0 Å². The van der Waals surface area contributed by atoms with Crippen LogP contribution < -0.4 is 4.74 Å². The summed E-state index contributed by atoms with van der Waals surface area (Å²) in [7, 11) is 0. The van der Waals surface area contributed by atoms with E-state index < -0.39 is 0 Å². The van der Waals surface area contributed by atoms with Gasteiger partial charge >= 0.3 is 0 Å². The molecule has 0 aliphatic carbocycles. The molecule has 4 heteroatoms. The maximum Gasteiger partial charge on any atom is 0.138 e. The lowest BCUT2D eigenvalue weighted by molar-refractivity contribution is 0.241. The van der Waals surface area contributed by atoms with E-state index in [0.29, 0.717) is 5.15 Å². The van der Waals surface area contributed by atoms with E-state index in [9.17, 15) is 0 Å². The van der Waals surface area contributed by atoms with E-state index in [1.807, 2.05) is 32.0 Å². The number of hydrogen-bond acceptors (Lipinski definition) is 3. The molecule has 3 nitrogen and oxygen atoms in total. The normalized spacial score (nSPS) is 10.6. The van der Waals surface area contributed by atoms with Crippen molar-refractivity contribution in [1.29, 1.82) is 0 Å². The molecule has 0 aromatic carbocycles. The standard InChI is InChI=1S/C13H13ClN2O/c1-9(2)17-11-6-10(7-15-8-11)12-4-3-5-13(14)16-12/h3-9H,1-2H3. The Labute approximate surface area is 105 Å². The van der Waals surface area contributed by atoms with Gasteiger partial charge < -0.3 is 4.74 Å². The molecule has 0 bridgehead atoms. The van der Waals surface area contributed by atoms with Crippen LogP contribution in [0.2, 0.25) is 5.15 Å². The quantitative estimate of drug-likeness (QED) is 0.779. The fourth-order valence-corrected chi connectivity index (χ4v) is 1.63. The fraction of sp³-hybridized carbons (Fsp3) is 0.231. The number of halogens is 1. The van der Waals surface area contributed by atoms with Gasteiger partial charge in [-0.05, 0) is 32.0 Å². The molecule has 88 valence electrons. The second-order valence-corrected chi connectivity index (χ2v) is 4.31. The van der Waals surface area contributed by atoms with Crippen LogP contribution in [0.1, 0.15) is 13.8 Å². The van der Waals surface area contributed by atoms with Crippen LogP contribution in [0.25, 0.3) is 11.3 Å². The zero-order valence-corrected chi connectivity index (χ0v) is 10.5. The molecule has 0 fully saturated rings. The highest BCUT2D eigenvalue weighted by Gasteiger charge is 2.04.